The number of nitrogens with zero attached hydrogens (tertiary/aromatic N) is 2. The second kappa shape index (κ2) is 5.85. The maximum atomic E-state index is 12.5. The molecule has 3 rings (SSSR count). The Balaban J connectivity index is 1.82. The zero-order valence-electron chi connectivity index (χ0n) is 12.6. The minimum Gasteiger partial charge on any atom is -0.314 e. The minimum atomic E-state index is 0.0753. The van der Waals surface area contributed by atoms with E-state index in [0.29, 0.717) is 12.0 Å². The topological polar surface area (TPSA) is 59.0 Å². The first kappa shape index (κ1) is 14.1. The van der Waals surface area contributed by atoms with Gasteiger partial charge in [-0.15, -0.1) is 0 Å². The smallest absolute Gasteiger partial charge is 0.229 e. The van der Waals surface area contributed by atoms with Gasteiger partial charge in [0, 0.05) is 18.5 Å². The van der Waals surface area contributed by atoms with Crippen molar-refractivity contribution < 1.29 is 4.79 Å². The van der Waals surface area contributed by atoms with Crippen LogP contribution in [0.4, 0.5) is 5.95 Å². The molecule has 21 heavy (non-hydrogen) atoms. The number of carbonyl (C=O) groups excluding carboxylic acids is 1. The lowest BCUT2D eigenvalue weighted by molar-refractivity contribution is -0.120. The normalized spacial score (nSPS) is 22.4. The molecule has 0 radical (unpaired) electrons. The third kappa shape index (κ3) is 2.78. The van der Waals surface area contributed by atoms with Gasteiger partial charge in [-0.1, -0.05) is 12.1 Å². The van der Waals surface area contributed by atoms with Gasteiger partial charge in [0.05, 0.1) is 11.0 Å². The largest absolute Gasteiger partial charge is 0.314 e. The van der Waals surface area contributed by atoms with Gasteiger partial charge >= 0.3 is 0 Å². The lowest BCUT2D eigenvalue weighted by atomic mass is 9.92. The number of aryl methyl sites for hydroxylation is 1. The van der Waals surface area contributed by atoms with E-state index in [-0.39, 0.29) is 11.8 Å². The van der Waals surface area contributed by atoms with E-state index >= 15 is 0 Å². The van der Waals surface area contributed by atoms with Gasteiger partial charge in [-0.3, -0.25) is 10.1 Å². The standard InChI is InChI=1S/C16H22N4O/c1-3-20-14-7-5-4-6-13(14)18-16(20)19-15(21)12-8-9-17-11(2)10-12/h4-7,11-12,17H,3,8-10H2,1-2H3,(H,18,19,21)/t11-,12-/m0/s1. The molecule has 1 aromatic heterocycles. The average molecular weight is 286 g/mol. The Morgan fingerprint density at radius 2 is 2.29 bits per heavy atom. The lowest BCUT2D eigenvalue weighted by Crippen LogP contribution is -2.40. The quantitative estimate of drug-likeness (QED) is 0.911. The summed E-state index contributed by atoms with van der Waals surface area (Å²) in [5.74, 6) is 0.828. The average Bonchev–Trinajstić information content (AvgIpc) is 2.84. The SMILES string of the molecule is CCn1c(NC(=O)[C@H]2CCN[C@@H](C)C2)nc2ccccc21. The number of hydrogen-bond acceptors (Lipinski definition) is 3. The number of piperidine rings is 1. The number of amides is 1. The minimum absolute atomic E-state index is 0.0753. The van der Waals surface area contributed by atoms with E-state index < -0.39 is 0 Å². The van der Waals surface area contributed by atoms with Gasteiger partial charge in [0.1, 0.15) is 0 Å². The zero-order chi connectivity index (χ0) is 14.8. The van der Waals surface area contributed by atoms with Gasteiger partial charge < -0.3 is 9.88 Å². The van der Waals surface area contributed by atoms with Crippen LogP contribution in [0.1, 0.15) is 26.7 Å². The molecule has 0 saturated carbocycles. The van der Waals surface area contributed by atoms with E-state index in [1.165, 1.54) is 0 Å². The van der Waals surface area contributed by atoms with Crippen molar-refractivity contribution >= 4 is 22.9 Å². The van der Waals surface area contributed by atoms with Crippen LogP contribution in [-0.2, 0) is 11.3 Å². The van der Waals surface area contributed by atoms with E-state index in [0.717, 1.165) is 37.0 Å². The Morgan fingerprint density at radius 3 is 3.05 bits per heavy atom. The number of imidazole rings is 1. The first-order valence-electron chi connectivity index (χ1n) is 7.68. The number of para-hydroxylation sites is 2. The molecule has 1 aliphatic heterocycles. The Hall–Kier alpha value is -1.88. The Morgan fingerprint density at radius 1 is 1.48 bits per heavy atom. The van der Waals surface area contributed by atoms with Crippen molar-refractivity contribution in [1.82, 2.24) is 14.9 Å². The Kier molecular flexibility index (Phi) is 3.92. The molecule has 0 unspecified atom stereocenters. The van der Waals surface area contributed by atoms with E-state index in [4.69, 9.17) is 0 Å². The van der Waals surface area contributed by atoms with Gasteiger partial charge in [0.15, 0.2) is 0 Å². The van der Waals surface area contributed by atoms with Gasteiger partial charge in [-0.2, -0.15) is 0 Å². The van der Waals surface area contributed by atoms with Crippen molar-refractivity contribution in [1.29, 1.82) is 0 Å². The van der Waals surface area contributed by atoms with Crippen LogP contribution < -0.4 is 10.6 Å². The van der Waals surface area contributed by atoms with Crippen LogP contribution in [0.15, 0.2) is 24.3 Å². The molecule has 1 saturated heterocycles. The van der Waals surface area contributed by atoms with E-state index in [2.05, 4.69) is 34.0 Å². The van der Waals surface area contributed by atoms with Crippen LogP contribution >= 0.6 is 0 Å². The third-order valence-electron chi connectivity index (χ3n) is 4.20. The number of benzene rings is 1. The number of aromatic nitrogens is 2. The van der Waals surface area contributed by atoms with Crippen molar-refractivity contribution in [2.45, 2.75) is 39.3 Å². The van der Waals surface area contributed by atoms with E-state index in [9.17, 15) is 4.79 Å². The number of rotatable bonds is 3. The summed E-state index contributed by atoms with van der Waals surface area (Å²) in [5.41, 5.74) is 1.99. The Bertz CT molecular complexity index is 649. The second-order valence-electron chi connectivity index (χ2n) is 5.73. The second-order valence-corrected chi connectivity index (χ2v) is 5.73. The molecule has 2 N–H and O–H groups in total. The molecule has 1 aliphatic rings. The highest BCUT2D eigenvalue weighted by atomic mass is 16.2. The molecule has 1 aromatic carbocycles. The van der Waals surface area contributed by atoms with Crippen LogP contribution in [-0.4, -0.2) is 28.0 Å². The van der Waals surface area contributed by atoms with Crippen LogP contribution in [0.5, 0.6) is 0 Å². The summed E-state index contributed by atoms with van der Waals surface area (Å²) in [4.78, 5) is 17.0. The molecule has 0 aliphatic carbocycles. The number of anilines is 1. The maximum Gasteiger partial charge on any atom is 0.229 e. The van der Waals surface area contributed by atoms with Crippen molar-refractivity contribution in [2.24, 2.45) is 5.92 Å². The van der Waals surface area contributed by atoms with Crippen molar-refractivity contribution in [2.75, 3.05) is 11.9 Å². The highest BCUT2D eigenvalue weighted by molar-refractivity contribution is 5.93. The predicted molar refractivity (Wildman–Crippen MR) is 84.2 cm³/mol. The van der Waals surface area contributed by atoms with Crippen LogP contribution in [0.3, 0.4) is 0 Å². The third-order valence-corrected chi connectivity index (χ3v) is 4.20. The van der Waals surface area contributed by atoms with Gasteiger partial charge in [0.2, 0.25) is 11.9 Å². The summed E-state index contributed by atoms with van der Waals surface area (Å²) >= 11 is 0. The highest BCUT2D eigenvalue weighted by Gasteiger charge is 2.25. The number of carbonyl (C=O) groups is 1. The highest BCUT2D eigenvalue weighted by Crippen LogP contribution is 2.22. The molecule has 112 valence electrons. The molecular formula is C16H22N4O. The van der Waals surface area contributed by atoms with E-state index in [1.807, 2.05) is 24.3 Å². The lowest BCUT2D eigenvalue weighted by Gasteiger charge is -2.26. The van der Waals surface area contributed by atoms with Gasteiger partial charge in [0.25, 0.3) is 0 Å². The fourth-order valence-corrected chi connectivity index (χ4v) is 3.07. The molecule has 2 aromatic rings. The monoisotopic (exact) mass is 286 g/mol. The molecule has 5 heteroatoms. The summed E-state index contributed by atoms with van der Waals surface area (Å²) in [6.07, 6.45) is 1.78. The fourth-order valence-electron chi connectivity index (χ4n) is 3.07. The van der Waals surface area contributed by atoms with Crippen LogP contribution in [0.25, 0.3) is 11.0 Å². The summed E-state index contributed by atoms with van der Waals surface area (Å²) in [7, 11) is 0. The summed E-state index contributed by atoms with van der Waals surface area (Å²) in [6.45, 7) is 5.89. The summed E-state index contributed by atoms with van der Waals surface area (Å²) < 4.78 is 2.05. The first-order chi connectivity index (χ1) is 10.2. The summed E-state index contributed by atoms with van der Waals surface area (Å²) in [5, 5.41) is 6.40. The van der Waals surface area contributed by atoms with E-state index in [1.54, 1.807) is 0 Å². The van der Waals surface area contributed by atoms with Crippen molar-refractivity contribution in [3.63, 3.8) is 0 Å². The predicted octanol–water partition coefficient (Wildman–Crippen LogP) is 2.38. The van der Waals surface area contributed by atoms with Crippen LogP contribution in [0, 0.1) is 5.92 Å². The van der Waals surface area contributed by atoms with Crippen LogP contribution in [0.2, 0.25) is 0 Å². The molecule has 0 spiro atoms. The van der Waals surface area contributed by atoms with Gasteiger partial charge in [-0.25, -0.2) is 4.98 Å². The van der Waals surface area contributed by atoms with Crippen molar-refractivity contribution in [3.8, 4) is 0 Å². The molecule has 1 amide bonds. The molecule has 1 fully saturated rings. The maximum absolute atomic E-state index is 12.5. The molecular weight excluding hydrogens is 264 g/mol. The number of hydrogen-bond donors (Lipinski definition) is 2. The zero-order valence-corrected chi connectivity index (χ0v) is 12.6. The summed E-state index contributed by atoms with van der Waals surface area (Å²) in [6, 6.07) is 8.38. The van der Waals surface area contributed by atoms with Crippen molar-refractivity contribution in [3.05, 3.63) is 24.3 Å². The molecule has 5 nitrogen and oxygen atoms in total. The van der Waals surface area contributed by atoms with Gasteiger partial charge in [-0.05, 0) is 45.4 Å². The molecule has 2 heterocycles. The number of fused-ring (bicyclic) bond motifs is 1. The number of nitrogens with one attached hydrogen (secondary N) is 2. The molecule has 2 atom stereocenters. The molecule has 0 bridgehead atoms. The Labute approximate surface area is 124 Å². The first-order valence-corrected chi connectivity index (χ1v) is 7.68. The fraction of sp³-hybridized carbons (Fsp3) is 0.500.